The van der Waals surface area contributed by atoms with Gasteiger partial charge in [0.2, 0.25) is 5.91 Å². The highest BCUT2D eigenvalue weighted by Gasteiger charge is 2.57. The number of piperidine rings is 1. The molecule has 102 valence electrons. The first-order valence-corrected chi connectivity index (χ1v) is 7.26. The number of aliphatic hydroxyl groups excluding tert-OH is 1. The van der Waals surface area contributed by atoms with Crippen molar-refractivity contribution >= 4 is 5.91 Å². The van der Waals surface area contributed by atoms with Crippen molar-refractivity contribution in [3.8, 4) is 0 Å². The van der Waals surface area contributed by atoms with Crippen LogP contribution in [-0.2, 0) is 4.79 Å². The van der Waals surface area contributed by atoms with Crippen molar-refractivity contribution in [2.24, 2.45) is 17.1 Å². The third kappa shape index (κ3) is 1.86. The Bertz CT molecular complexity index is 340. The van der Waals surface area contributed by atoms with Crippen molar-refractivity contribution in [1.29, 1.82) is 0 Å². The predicted octanol–water partition coefficient (Wildman–Crippen LogP) is 0.879. The minimum absolute atomic E-state index is 0.0426. The van der Waals surface area contributed by atoms with Gasteiger partial charge in [0.05, 0.1) is 5.41 Å². The summed E-state index contributed by atoms with van der Waals surface area (Å²) >= 11 is 0. The number of carbonyl (C=O) groups excluding carboxylic acids is 1. The molecule has 1 saturated heterocycles. The van der Waals surface area contributed by atoms with Gasteiger partial charge in [0.15, 0.2) is 0 Å². The highest BCUT2D eigenvalue weighted by Crippen LogP contribution is 2.56. The average molecular weight is 252 g/mol. The lowest BCUT2D eigenvalue weighted by Crippen LogP contribution is -2.46. The number of fused-ring (bicyclic) bond motifs is 2. The monoisotopic (exact) mass is 252 g/mol. The summed E-state index contributed by atoms with van der Waals surface area (Å²) in [6, 6.07) is 0. The summed E-state index contributed by atoms with van der Waals surface area (Å²) in [5.41, 5.74) is 6.13. The second kappa shape index (κ2) is 4.20. The molecule has 2 bridgehead atoms. The Morgan fingerprint density at radius 1 is 1.22 bits per heavy atom. The van der Waals surface area contributed by atoms with Crippen LogP contribution in [-0.4, -0.2) is 41.1 Å². The van der Waals surface area contributed by atoms with Gasteiger partial charge in [-0.2, -0.15) is 0 Å². The van der Waals surface area contributed by atoms with E-state index < -0.39 is 0 Å². The van der Waals surface area contributed by atoms with Crippen molar-refractivity contribution < 1.29 is 9.90 Å². The van der Waals surface area contributed by atoms with E-state index in [1.807, 2.05) is 4.90 Å². The maximum absolute atomic E-state index is 12.7. The zero-order valence-corrected chi connectivity index (χ0v) is 11.0. The van der Waals surface area contributed by atoms with E-state index in [9.17, 15) is 4.79 Å². The first-order valence-electron chi connectivity index (χ1n) is 7.26. The third-order valence-electron chi connectivity index (χ3n) is 5.51. The number of amides is 1. The molecule has 2 saturated carbocycles. The van der Waals surface area contributed by atoms with Gasteiger partial charge in [-0.3, -0.25) is 4.79 Å². The number of aliphatic hydroxyl groups is 1. The zero-order valence-electron chi connectivity index (χ0n) is 11.0. The molecule has 1 aliphatic heterocycles. The van der Waals surface area contributed by atoms with E-state index in [0.717, 1.165) is 58.0 Å². The summed E-state index contributed by atoms with van der Waals surface area (Å²) in [5.74, 6) is 0.746. The van der Waals surface area contributed by atoms with Gasteiger partial charge in [0, 0.05) is 25.2 Å². The molecule has 1 heterocycles. The Labute approximate surface area is 109 Å². The number of hydrogen-bond acceptors (Lipinski definition) is 3. The summed E-state index contributed by atoms with van der Waals surface area (Å²) < 4.78 is 0. The lowest BCUT2D eigenvalue weighted by atomic mass is 9.82. The van der Waals surface area contributed by atoms with Crippen LogP contribution in [0.5, 0.6) is 0 Å². The summed E-state index contributed by atoms with van der Waals surface area (Å²) in [4.78, 5) is 14.8. The Morgan fingerprint density at radius 3 is 2.28 bits per heavy atom. The molecule has 0 radical (unpaired) electrons. The van der Waals surface area contributed by atoms with Gasteiger partial charge in [-0.05, 0) is 50.9 Å². The molecule has 0 aromatic carbocycles. The molecule has 0 spiro atoms. The minimum Gasteiger partial charge on any atom is -0.396 e. The molecule has 3 aliphatic rings. The Morgan fingerprint density at radius 2 is 1.83 bits per heavy atom. The fourth-order valence-corrected chi connectivity index (χ4v) is 4.20. The molecular weight excluding hydrogens is 228 g/mol. The molecule has 4 nitrogen and oxygen atoms in total. The molecule has 0 aromatic rings. The van der Waals surface area contributed by atoms with Crippen LogP contribution in [0.4, 0.5) is 0 Å². The highest BCUT2D eigenvalue weighted by atomic mass is 16.3. The molecule has 18 heavy (non-hydrogen) atoms. The van der Waals surface area contributed by atoms with Crippen molar-refractivity contribution in [3.05, 3.63) is 0 Å². The number of carbonyl (C=O) groups is 1. The van der Waals surface area contributed by atoms with Gasteiger partial charge in [-0.1, -0.05) is 0 Å². The van der Waals surface area contributed by atoms with E-state index in [-0.39, 0.29) is 17.6 Å². The lowest BCUT2D eigenvalue weighted by molar-refractivity contribution is -0.143. The Hall–Kier alpha value is -0.610. The van der Waals surface area contributed by atoms with E-state index in [2.05, 4.69) is 0 Å². The summed E-state index contributed by atoms with van der Waals surface area (Å²) in [5, 5.41) is 9.14. The maximum atomic E-state index is 12.7. The molecule has 3 fully saturated rings. The van der Waals surface area contributed by atoms with Crippen LogP contribution in [0.15, 0.2) is 0 Å². The maximum Gasteiger partial charge on any atom is 0.228 e. The SMILES string of the molecule is NC12CCC(C(=O)N3CCC(CO)CC3)(CC1)C2. The second-order valence-electron chi connectivity index (χ2n) is 6.74. The van der Waals surface area contributed by atoms with E-state index >= 15 is 0 Å². The minimum atomic E-state index is -0.124. The summed E-state index contributed by atoms with van der Waals surface area (Å²) in [7, 11) is 0. The summed E-state index contributed by atoms with van der Waals surface area (Å²) in [6.07, 6.45) is 6.82. The number of nitrogens with zero attached hydrogens (tertiary/aromatic N) is 1. The summed E-state index contributed by atoms with van der Waals surface area (Å²) in [6.45, 7) is 1.91. The Kier molecular flexibility index (Phi) is 2.90. The van der Waals surface area contributed by atoms with Crippen molar-refractivity contribution in [2.75, 3.05) is 19.7 Å². The molecule has 2 aliphatic carbocycles. The topological polar surface area (TPSA) is 66.6 Å². The largest absolute Gasteiger partial charge is 0.396 e. The molecule has 0 aromatic heterocycles. The van der Waals surface area contributed by atoms with E-state index in [4.69, 9.17) is 10.8 Å². The highest BCUT2D eigenvalue weighted by molar-refractivity contribution is 5.84. The average Bonchev–Trinajstić information content (AvgIpc) is 2.93. The Balaban J connectivity index is 1.66. The molecule has 1 amide bonds. The van der Waals surface area contributed by atoms with Crippen molar-refractivity contribution in [2.45, 2.75) is 50.5 Å². The van der Waals surface area contributed by atoms with E-state index in [0.29, 0.717) is 11.8 Å². The molecule has 0 unspecified atom stereocenters. The number of nitrogens with two attached hydrogens (primary N) is 1. The molecule has 3 rings (SSSR count). The second-order valence-corrected chi connectivity index (χ2v) is 6.74. The van der Waals surface area contributed by atoms with Gasteiger partial charge in [-0.15, -0.1) is 0 Å². The van der Waals surface area contributed by atoms with Crippen LogP contribution in [0.2, 0.25) is 0 Å². The molecular formula is C14H24N2O2. The number of hydrogen-bond donors (Lipinski definition) is 2. The fraction of sp³-hybridized carbons (Fsp3) is 0.929. The lowest BCUT2D eigenvalue weighted by Gasteiger charge is -2.37. The van der Waals surface area contributed by atoms with Gasteiger partial charge in [0.25, 0.3) is 0 Å². The van der Waals surface area contributed by atoms with Crippen LogP contribution in [0.3, 0.4) is 0 Å². The molecule has 3 N–H and O–H groups in total. The van der Waals surface area contributed by atoms with Crippen molar-refractivity contribution in [1.82, 2.24) is 4.90 Å². The van der Waals surface area contributed by atoms with Gasteiger partial charge >= 0.3 is 0 Å². The van der Waals surface area contributed by atoms with Crippen LogP contribution in [0, 0.1) is 11.3 Å². The molecule has 0 atom stereocenters. The van der Waals surface area contributed by atoms with Gasteiger partial charge in [-0.25, -0.2) is 0 Å². The first kappa shape index (κ1) is 12.4. The van der Waals surface area contributed by atoms with E-state index in [1.54, 1.807) is 0 Å². The van der Waals surface area contributed by atoms with E-state index in [1.165, 1.54) is 0 Å². The van der Waals surface area contributed by atoms with Crippen LogP contribution < -0.4 is 5.73 Å². The normalized spacial score (nSPS) is 40.4. The predicted molar refractivity (Wildman–Crippen MR) is 68.8 cm³/mol. The third-order valence-corrected chi connectivity index (χ3v) is 5.51. The fourth-order valence-electron chi connectivity index (χ4n) is 4.20. The van der Waals surface area contributed by atoms with Gasteiger partial charge in [0.1, 0.15) is 0 Å². The van der Waals surface area contributed by atoms with Gasteiger partial charge < -0.3 is 15.7 Å². The van der Waals surface area contributed by atoms with Crippen molar-refractivity contribution in [3.63, 3.8) is 0 Å². The van der Waals surface area contributed by atoms with Crippen LogP contribution >= 0.6 is 0 Å². The zero-order chi connectivity index (χ0) is 12.8. The van der Waals surface area contributed by atoms with Crippen LogP contribution in [0.1, 0.15) is 44.9 Å². The smallest absolute Gasteiger partial charge is 0.228 e. The number of likely N-dealkylation sites (tertiary alicyclic amines) is 1. The number of rotatable bonds is 2. The molecule has 4 heteroatoms. The van der Waals surface area contributed by atoms with Crippen LogP contribution in [0.25, 0.3) is 0 Å². The standard InChI is InChI=1S/C14H24N2O2/c15-14-5-3-13(10-14,4-6-14)12(18)16-7-1-11(9-17)2-8-16/h11,17H,1-10,15H2. The quantitative estimate of drug-likeness (QED) is 0.766. The first-order chi connectivity index (χ1) is 8.57.